The molecule has 1 rings (SSSR count). The molecule has 0 aliphatic heterocycles. The summed E-state index contributed by atoms with van der Waals surface area (Å²) < 4.78 is 22.5. The Morgan fingerprint density at radius 3 is 2.38 bits per heavy atom. The van der Waals surface area contributed by atoms with Crippen LogP contribution in [0.5, 0.6) is 0 Å². The number of pyridine rings is 1. The Bertz CT molecular complexity index is 679. The molecule has 0 fully saturated rings. The van der Waals surface area contributed by atoms with Gasteiger partial charge in [-0.15, -0.1) is 0 Å². The van der Waals surface area contributed by atoms with Crippen LogP contribution in [0.15, 0.2) is 18.5 Å². The van der Waals surface area contributed by atoms with Crippen LogP contribution in [0.25, 0.3) is 6.08 Å². The maximum absolute atomic E-state index is 11.8. The monoisotopic (exact) mass is 313 g/mol. The molecule has 0 N–H and O–H groups in total. The van der Waals surface area contributed by atoms with E-state index < -0.39 is 19.5 Å². The number of hydrogen-bond donors (Lipinski definition) is 0. The van der Waals surface area contributed by atoms with Crippen LogP contribution in [0.2, 0.25) is 0 Å². The normalized spacial score (nSPS) is 12.6. The summed E-state index contributed by atoms with van der Waals surface area (Å²) in [5.41, 5.74) is 0.422. The van der Waals surface area contributed by atoms with Crippen molar-refractivity contribution in [1.29, 1.82) is 0 Å². The molecule has 0 saturated heterocycles. The zero-order chi connectivity index (χ0) is 16.4. The van der Waals surface area contributed by atoms with Crippen LogP contribution in [-0.2, 0) is 14.6 Å². The van der Waals surface area contributed by atoms with Gasteiger partial charge in [0.25, 0.3) is 5.69 Å². The largest absolute Gasteiger partial charge is 0.383 e. The summed E-state index contributed by atoms with van der Waals surface area (Å²) >= 11 is 0. The zero-order valence-electron chi connectivity index (χ0n) is 12.7. The van der Waals surface area contributed by atoms with Gasteiger partial charge in [0.2, 0.25) is 0 Å². The third kappa shape index (κ3) is 3.78. The quantitative estimate of drug-likeness (QED) is 0.608. The molecule has 1 heterocycles. The Morgan fingerprint density at radius 1 is 1.38 bits per heavy atom. The van der Waals surface area contributed by atoms with E-state index in [-0.39, 0.29) is 11.4 Å². The van der Waals surface area contributed by atoms with Gasteiger partial charge in [-0.1, -0.05) is 0 Å². The zero-order valence-corrected chi connectivity index (χ0v) is 13.5. The van der Waals surface area contributed by atoms with E-state index in [1.165, 1.54) is 19.9 Å². The highest BCUT2D eigenvalue weighted by Crippen LogP contribution is 2.30. The van der Waals surface area contributed by atoms with Crippen molar-refractivity contribution in [3.63, 3.8) is 0 Å². The maximum atomic E-state index is 11.8. The highest BCUT2D eigenvalue weighted by molar-refractivity contribution is 7.91. The van der Waals surface area contributed by atoms with E-state index in [1.54, 1.807) is 31.3 Å². The smallest absolute Gasteiger partial charge is 0.294 e. The predicted octanol–water partition coefficient (Wildman–Crippen LogP) is 1.80. The molecule has 21 heavy (non-hydrogen) atoms. The average Bonchev–Trinajstić information content (AvgIpc) is 2.34. The Morgan fingerprint density at radius 2 is 1.95 bits per heavy atom. The molecule has 0 saturated carbocycles. The minimum Gasteiger partial charge on any atom is -0.383 e. The molecule has 116 valence electrons. The molecule has 8 heteroatoms. The van der Waals surface area contributed by atoms with E-state index in [0.717, 1.165) is 12.5 Å². The standard InChI is InChI=1S/C13H19N3O4S/c1-13(2,21(5,19)20)12-8-10(6-7-15(3)4)11(9-14-12)16(17)18/h6-9H,1-5H3. The summed E-state index contributed by atoms with van der Waals surface area (Å²) in [6.45, 7) is 3.05. The lowest BCUT2D eigenvalue weighted by Gasteiger charge is -2.22. The molecular weight excluding hydrogens is 294 g/mol. The molecule has 0 aliphatic rings. The summed E-state index contributed by atoms with van der Waals surface area (Å²) in [7, 11) is 0.162. The lowest BCUT2D eigenvalue weighted by molar-refractivity contribution is -0.385. The first-order valence-electron chi connectivity index (χ1n) is 6.16. The third-order valence-electron chi connectivity index (χ3n) is 3.21. The van der Waals surface area contributed by atoms with Crippen LogP contribution in [0.4, 0.5) is 5.69 Å². The predicted molar refractivity (Wildman–Crippen MR) is 81.5 cm³/mol. The molecule has 0 spiro atoms. The molecule has 0 bridgehead atoms. The van der Waals surface area contributed by atoms with Crippen LogP contribution >= 0.6 is 0 Å². The highest BCUT2D eigenvalue weighted by atomic mass is 32.2. The topological polar surface area (TPSA) is 93.4 Å². The lowest BCUT2D eigenvalue weighted by atomic mass is 10.1. The van der Waals surface area contributed by atoms with Crippen LogP contribution in [-0.4, -0.2) is 43.6 Å². The first-order valence-corrected chi connectivity index (χ1v) is 8.05. The molecule has 1 aromatic heterocycles. The average molecular weight is 313 g/mol. The van der Waals surface area contributed by atoms with Gasteiger partial charge >= 0.3 is 0 Å². The van der Waals surface area contributed by atoms with E-state index in [1.807, 2.05) is 0 Å². The Balaban J connectivity index is 3.48. The van der Waals surface area contributed by atoms with Crippen molar-refractivity contribution in [3.8, 4) is 0 Å². The number of sulfone groups is 1. The second kappa shape index (κ2) is 5.80. The van der Waals surface area contributed by atoms with Gasteiger partial charge in [-0.3, -0.25) is 15.1 Å². The van der Waals surface area contributed by atoms with Crippen LogP contribution in [0.1, 0.15) is 25.1 Å². The first kappa shape index (κ1) is 17.1. The van der Waals surface area contributed by atoms with Gasteiger partial charge in [-0.25, -0.2) is 8.42 Å². The molecular formula is C13H19N3O4S. The van der Waals surface area contributed by atoms with E-state index >= 15 is 0 Å². The number of nitro groups is 1. The van der Waals surface area contributed by atoms with Crippen molar-refractivity contribution in [2.75, 3.05) is 20.4 Å². The fraction of sp³-hybridized carbons (Fsp3) is 0.462. The SMILES string of the molecule is CN(C)C=Cc1cc(C(C)(C)S(C)(=O)=O)ncc1[N+](=O)[O-]. The van der Waals surface area contributed by atoms with Gasteiger partial charge < -0.3 is 4.90 Å². The van der Waals surface area contributed by atoms with Crippen LogP contribution in [0.3, 0.4) is 0 Å². The van der Waals surface area contributed by atoms with E-state index in [0.29, 0.717) is 5.56 Å². The summed E-state index contributed by atoms with van der Waals surface area (Å²) in [5.74, 6) is 0. The Hall–Kier alpha value is -1.96. The van der Waals surface area contributed by atoms with Gasteiger partial charge in [0, 0.05) is 20.4 Å². The van der Waals surface area contributed by atoms with E-state index in [9.17, 15) is 18.5 Å². The van der Waals surface area contributed by atoms with Gasteiger partial charge in [-0.05, 0) is 32.2 Å². The molecule has 0 radical (unpaired) electrons. The summed E-state index contributed by atoms with van der Waals surface area (Å²) in [5, 5.41) is 11.0. The Labute approximate surface area is 124 Å². The lowest BCUT2D eigenvalue weighted by Crippen LogP contribution is -2.29. The van der Waals surface area contributed by atoms with Gasteiger partial charge in [0.05, 0.1) is 16.2 Å². The van der Waals surface area contributed by atoms with Gasteiger partial charge in [0.1, 0.15) is 10.9 Å². The fourth-order valence-electron chi connectivity index (χ4n) is 1.50. The molecule has 0 atom stereocenters. The van der Waals surface area contributed by atoms with Crippen molar-refractivity contribution in [2.45, 2.75) is 18.6 Å². The summed E-state index contributed by atoms with van der Waals surface area (Å²) in [6.07, 6.45) is 5.42. The molecule has 0 unspecified atom stereocenters. The van der Waals surface area contributed by atoms with Crippen molar-refractivity contribution >= 4 is 21.6 Å². The van der Waals surface area contributed by atoms with Crippen molar-refractivity contribution in [1.82, 2.24) is 9.88 Å². The first-order chi connectivity index (χ1) is 9.46. The molecule has 1 aromatic rings. The van der Waals surface area contributed by atoms with E-state index in [2.05, 4.69) is 4.98 Å². The van der Waals surface area contributed by atoms with Crippen molar-refractivity contribution < 1.29 is 13.3 Å². The number of rotatable bonds is 5. The van der Waals surface area contributed by atoms with Crippen LogP contribution in [0, 0.1) is 10.1 Å². The molecule has 0 aromatic carbocycles. The van der Waals surface area contributed by atoms with Crippen molar-refractivity contribution in [2.24, 2.45) is 0 Å². The number of nitrogens with zero attached hydrogens (tertiary/aromatic N) is 3. The molecule has 0 amide bonds. The second-order valence-electron chi connectivity index (χ2n) is 5.45. The number of hydrogen-bond acceptors (Lipinski definition) is 6. The highest BCUT2D eigenvalue weighted by Gasteiger charge is 2.34. The van der Waals surface area contributed by atoms with Crippen LogP contribution < -0.4 is 0 Å². The van der Waals surface area contributed by atoms with Crippen molar-refractivity contribution in [3.05, 3.63) is 39.8 Å². The minimum atomic E-state index is -3.40. The van der Waals surface area contributed by atoms with Gasteiger partial charge in [0.15, 0.2) is 9.84 Å². The molecule has 7 nitrogen and oxygen atoms in total. The maximum Gasteiger partial charge on any atom is 0.294 e. The minimum absolute atomic E-state index is 0.166. The molecule has 0 aliphatic carbocycles. The summed E-state index contributed by atoms with van der Waals surface area (Å²) in [4.78, 5) is 16.2. The number of aromatic nitrogens is 1. The fourth-order valence-corrected chi connectivity index (χ4v) is 1.99. The Kier molecular flexibility index (Phi) is 4.72. The summed E-state index contributed by atoms with van der Waals surface area (Å²) in [6, 6.07) is 1.44. The second-order valence-corrected chi connectivity index (χ2v) is 8.01. The third-order valence-corrected chi connectivity index (χ3v) is 5.27. The van der Waals surface area contributed by atoms with E-state index in [4.69, 9.17) is 0 Å². The van der Waals surface area contributed by atoms with Gasteiger partial charge in [-0.2, -0.15) is 0 Å².